The van der Waals surface area contributed by atoms with Gasteiger partial charge >= 0.3 is 0 Å². The molecule has 0 saturated carbocycles. The van der Waals surface area contributed by atoms with Crippen LogP contribution in [0.3, 0.4) is 0 Å². The Balaban J connectivity index is 2.13. The first-order valence-electron chi connectivity index (χ1n) is 7.94. The second kappa shape index (κ2) is 9.04. The molecule has 1 aromatic rings. The third kappa shape index (κ3) is 4.55. The number of ether oxygens (including phenoxy) is 2. The van der Waals surface area contributed by atoms with Crippen molar-refractivity contribution in [2.45, 2.75) is 6.42 Å². The molecule has 0 unspecified atom stereocenters. The van der Waals surface area contributed by atoms with E-state index in [-0.39, 0.29) is 29.0 Å². The van der Waals surface area contributed by atoms with Gasteiger partial charge < -0.3 is 14.4 Å². The van der Waals surface area contributed by atoms with Crippen LogP contribution >= 0.6 is 24.0 Å². The molecule has 1 aliphatic rings. The molecular formula is C16H22N4O4S2. The Hall–Kier alpha value is -2.07. The Morgan fingerprint density at radius 1 is 1.23 bits per heavy atom. The fraction of sp³-hybridized carbons (Fsp3) is 0.500. The molecule has 142 valence electrons. The van der Waals surface area contributed by atoms with Crippen LogP contribution in [0, 0.1) is 0 Å². The minimum Gasteiger partial charge on any atom is -0.481 e. The molecule has 0 spiro atoms. The maximum absolute atomic E-state index is 12.9. The number of hydrazine groups is 1. The molecule has 26 heavy (non-hydrogen) atoms. The van der Waals surface area contributed by atoms with Gasteiger partial charge in [0.2, 0.25) is 11.8 Å². The molecule has 0 bridgehead atoms. The topological polar surface area (TPSA) is 75.2 Å². The molecule has 2 rings (SSSR count). The number of pyridine rings is 1. The van der Waals surface area contributed by atoms with Crippen molar-refractivity contribution < 1.29 is 19.1 Å². The molecule has 0 atom stereocenters. The van der Waals surface area contributed by atoms with E-state index in [1.807, 2.05) is 14.1 Å². The van der Waals surface area contributed by atoms with Gasteiger partial charge in [0.25, 0.3) is 11.8 Å². The lowest BCUT2D eigenvalue weighted by Crippen LogP contribution is -2.46. The second-order valence-electron chi connectivity index (χ2n) is 5.66. The Morgan fingerprint density at radius 2 is 1.92 bits per heavy atom. The number of methoxy groups -OCH3 is 2. The van der Waals surface area contributed by atoms with Crippen molar-refractivity contribution in [1.29, 1.82) is 0 Å². The van der Waals surface area contributed by atoms with Gasteiger partial charge in [-0.05, 0) is 12.5 Å². The van der Waals surface area contributed by atoms with Crippen molar-refractivity contribution in [2.24, 2.45) is 0 Å². The second-order valence-corrected chi connectivity index (χ2v) is 7.27. The summed E-state index contributed by atoms with van der Waals surface area (Å²) < 4.78 is 10.9. The zero-order chi connectivity index (χ0) is 19.3. The van der Waals surface area contributed by atoms with Gasteiger partial charge in [-0.15, -0.1) is 0 Å². The van der Waals surface area contributed by atoms with Crippen LogP contribution in [0.4, 0.5) is 0 Å². The molecule has 8 nitrogen and oxygen atoms in total. The largest absolute Gasteiger partial charge is 0.481 e. The number of carbonyl (C=O) groups is 2. The van der Waals surface area contributed by atoms with Gasteiger partial charge in [0.15, 0.2) is 0 Å². The standard InChI is InChI=1S/C16H22N4O4S2/c1-18(2)16(25)26-10-13(21)19-8-5-9-20(19)15(22)11-6-7-12(23-3)17-14(11)24-4/h6-7H,5,8-10H2,1-4H3. The number of nitrogens with zero attached hydrogens (tertiary/aromatic N) is 4. The molecule has 1 fully saturated rings. The number of amides is 2. The van der Waals surface area contributed by atoms with Crippen LogP contribution in [0.15, 0.2) is 12.1 Å². The maximum atomic E-state index is 12.9. The summed E-state index contributed by atoms with van der Waals surface area (Å²) in [5.41, 5.74) is 0.282. The molecular weight excluding hydrogens is 376 g/mol. The van der Waals surface area contributed by atoms with Crippen LogP contribution in [0.5, 0.6) is 11.8 Å². The van der Waals surface area contributed by atoms with E-state index in [9.17, 15) is 9.59 Å². The normalized spacial score (nSPS) is 13.5. The number of hydrogen-bond acceptors (Lipinski definition) is 7. The highest BCUT2D eigenvalue weighted by atomic mass is 32.2. The number of aromatic nitrogens is 1. The molecule has 0 aliphatic carbocycles. The van der Waals surface area contributed by atoms with E-state index in [1.54, 1.807) is 17.0 Å². The van der Waals surface area contributed by atoms with E-state index in [1.165, 1.54) is 36.0 Å². The summed E-state index contributed by atoms with van der Waals surface area (Å²) in [4.78, 5) is 31.4. The van der Waals surface area contributed by atoms with Crippen molar-refractivity contribution >= 4 is 40.1 Å². The third-order valence-electron chi connectivity index (χ3n) is 3.71. The van der Waals surface area contributed by atoms with Crippen molar-refractivity contribution in [3.63, 3.8) is 0 Å². The van der Waals surface area contributed by atoms with Crippen LogP contribution in [0.1, 0.15) is 16.8 Å². The van der Waals surface area contributed by atoms with Crippen LogP contribution in [0.2, 0.25) is 0 Å². The summed E-state index contributed by atoms with van der Waals surface area (Å²) in [5.74, 6) is 0.199. The first kappa shape index (κ1) is 20.2. The van der Waals surface area contributed by atoms with Gasteiger partial charge in [0.1, 0.15) is 9.88 Å². The van der Waals surface area contributed by atoms with Gasteiger partial charge in [0, 0.05) is 33.3 Å². The van der Waals surface area contributed by atoms with Gasteiger partial charge in [-0.25, -0.2) is 5.01 Å². The van der Waals surface area contributed by atoms with E-state index in [0.29, 0.717) is 29.7 Å². The van der Waals surface area contributed by atoms with Crippen LogP contribution in [-0.4, -0.2) is 83.2 Å². The summed E-state index contributed by atoms with van der Waals surface area (Å²) >= 11 is 6.46. The fourth-order valence-electron chi connectivity index (χ4n) is 2.40. The molecule has 10 heteroatoms. The minimum atomic E-state index is -0.331. The third-order valence-corrected chi connectivity index (χ3v) is 5.43. The summed E-state index contributed by atoms with van der Waals surface area (Å²) in [6.45, 7) is 0.953. The van der Waals surface area contributed by atoms with Gasteiger partial charge in [-0.1, -0.05) is 24.0 Å². The van der Waals surface area contributed by atoms with E-state index in [0.717, 1.165) is 0 Å². The maximum Gasteiger partial charge on any atom is 0.277 e. The quantitative estimate of drug-likeness (QED) is 0.687. The Bertz CT molecular complexity index is 699. The molecule has 0 radical (unpaired) electrons. The molecule has 1 aromatic heterocycles. The van der Waals surface area contributed by atoms with Crippen molar-refractivity contribution in [3.8, 4) is 11.8 Å². The Morgan fingerprint density at radius 3 is 2.54 bits per heavy atom. The first-order chi connectivity index (χ1) is 12.4. The number of rotatable bonds is 5. The SMILES string of the molecule is COc1ccc(C(=O)N2CCCN2C(=O)CSC(=S)N(C)C)c(OC)n1. The van der Waals surface area contributed by atoms with Gasteiger partial charge in [-0.2, -0.15) is 4.98 Å². The van der Waals surface area contributed by atoms with Crippen molar-refractivity contribution in [3.05, 3.63) is 17.7 Å². The molecule has 1 saturated heterocycles. The van der Waals surface area contributed by atoms with E-state index >= 15 is 0 Å². The lowest BCUT2D eigenvalue weighted by atomic mass is 10.2. The van der Waals surface area contributed by atoms with Crippen LogP contribution < -0.4 is 9.47 Å². The monoisotopic (exact) mass is 398 g/mol. The predicted molar refractivity (Wildman–Crippen MR) is 103 cm³/mol. The minimum absolute atomic E-state index is 0.162. The summed E-state index contributed by atoms with van der Waals surface area (Å²) in [6.07, 6.45) is 0.714. The van der Waals surface area contributed by atoms with E-state index in [4.69, 9.17) is 21.7 Å². The summed E-state index contributed by atoms with van der Waals surface area (Å²) in [7, 11) is 6.58. The predicted octanol–water partition coefficient (Wildman–Crippen LogP) is 1.27. The molecule has 2 heterocycles. The van der Waals surface area contributed by atoms with E-state index < -0.39 is 0 Å². The molecule has 2 amide bonds. The van der Waals surface area contributed by atoms with Crippen molar-refractivity contribution in [2.75, 3.05) is 47.2 Å². The lowest BCUT2D eigenvalue weighted by Gasteiger charge is -2.28. The number of thioether (sulfide) groups is 1. The highest BCUT2D eigenvalue weighted by molar-refractivity contribution is 8.23. The van der Waals surface area contributed by atoms with Gasteiger partial charge in [0.05, 0.1) is 20.0 Å². The Labute approximate surface area is 162 Å². The molecule has 0 aromatic carbocycles. The number of hydrogen-bond donors (Lipinski definition) is 0. The average molecular weight is 399 g/mol. The zero-order valence-corrected chi connectivity index (χ0v) is 16.9. The molecule has 0 N–H and O–H groups in total. The number of thiocarbonyl (C=S) groups is 1. The van der Waals surface area contributed by atoms with E-state index in [2.05, 4.69) is 4.98 Å². The van der Waals surface area contributed by atoms with Crippen molar-refractivity contribution in [1.82, 2.24) is 19.9 Å². The highest BCUT2D eigenvalue weighted by Gasteiger charge is 2.33. The fourth-order valence-corrected chi connectivity index (χ4v) is 3.23. The lowest BCUT2D eigenvalue weighted by molar-refractivity contribution is -0.137. The Kier molecular flexibility index (Phi) is 7.04. The smallest absolute Gasteiger partial charge is 0.277 e. The average Bonchev–Trinajstić information content (AvgIpc) is 3.14. The van der Waals surface area contributed by atoms with Crippen LogP contribution in [-0.2, 0) is 4.79 Å². The van der Waals surface area contributed by atoms with Gasteiger partial charge in [-0.3, -0.25) is 14.6 Å². The molecule has 1 aliphatic heterocycles. The first-order valence-corrected chi connectivity index (χ1v) is 9.33. The zero-order valence-electron chi connectivity index (χ0n) is 15.2. The van der Waals surface area contributed by atoms with Crippen LogP contribution in [0.25, 0.3) is 0 Å². The highest BCUT2D eigenvalue weighted by Crippen LogP contribution is 2.24. The summed E-state index contributed by atoms with van der Waals surface area (Å²) in [5, 5.41) is 2.91. The number of carbonyl (C=O) groups excluding carboxylic acids is 2. The summed E-state index contributed by atoms with van der Waals surface area (Å²) in [6, 6.07) is 3.17.